The third kappa shape index (κ3) is 3.04. The second kappa shape index (κ2) is 6.10. The zero-order valence-corrected chi connectivity index (χ0v) is 13.1. The van der Waals surface area contributed by atoms with E-state index < -0.39 is 26.6 Å². The minimum absolute atomic E-state index is 0.122. The maximum absolute atomic E-state index is 14.1. The Kier molecular flexibility index (Phi) is 4.13. The van der Waals surface area contributed by atoms with Crippen molar-refractivity contribution < 1.29 is 17.2 Å². The molecule has 0 aliphatic heterocycles. The van der Waals surface area contributed by atoms with Gasteiger partial charge in [0.05, 0.1) is 5.69 Å². The highest BCUT2D eigenvalue weighted by molar-refractivity contribution is 7.89. The Bertz CT molecular complexity index is 983. The predicted octanol–water partition coefficient (Wildman–Crippen LogP) is 3.34. The van der Waals surface area contributed by atoms with Crippen LogP contribution in [-0.2, 0) is 10.0 Å². The highest BCUT2D eigenvalue weighted by Gasteiger charge is 2.22. The molecule has 1 aromatic heterocycles. The van der Waals surface area contributed by atoms with Crippen LogP contribution >= 0.6 is 0 Å². The molecule has 7 heteroatoms. The highest BCUT2D eigenvalue weighted by atomic mass is 32.2. The van der Waals surface area contributed by atoms with Crippen molar-refractivity contribution in [1.29, 1.82) is 0 Å². The van der Waals surface area contributed by atoms with E-state index in [1.165, 1.54) is 6.20 Å². The van der Waals surface area contributed by atoms with E-state index in [-0.39, 0.29) is 5.56 Å². The molecule has 24 heavy (non-hydrogen) atoms. The lowest BCUT2D eigenvalue weighted by molar-refractivity contribution is 0.520. The SMILES string of the molecule is NS(=O)(=O)c1c(F)cc(-c2ncccc2-c2ccccc2)cc1F. The molecule has 0 bridgehead atoms. The van der Waals surface area contributed by atoms with Gasteiger partial charge in [-0.15, -0.1) is 0 Å². The van der Waals surface area contributed by atoms with E-state index >= 15 is 0 Å². The van der Waals surface area contributed by atoms with Crippen molar-refractivity contribution in [3.05, 3.63) is 72.4 Å². The number of sulfonamides is 1. The molecule has 3 rings (SSSR count). The van der Waals surface area contributed by atoms with Gasteiger partial charge in [-0.1, -0.05) is 36.4 Å². The Labute approximate surface area is 137 Å². The number of benzene rings is 2. The molecule has 2 aromatic carbocycles. The average molecular weight is 346 g/mol. The second-order valence-corrected chi connectivity index (χ2v) is 6.58. The van der Waals surface area contributed by atoms with E-state index in [2.05, 4.69) is 4.98 Å². The van der Waals surface area contributed by atoms with Crippen molar-refractivity contribution in [3.63, 3.8) is 0 Å². The lowest BCUT2D eigenvalue weighted by Gasteiger charge is -2.11. The molecule has 4 nitrogen and oxygen atoms in total. The van der Waals surface area contributed by atoms with Gasteiger partial charge in [0.2, 0.25) is 10.0 Å². The summed E-state index contributed by atoms with van der Waals surface area (Å²) in [5.74, 6) is -2.51. The molecule has 0 radical (unpaired) electrons. The van der Waals surface area contributed by atoms with Crippen LogP contribution in [0.25, 0.3) is 22.4 Å². The fraction of sp³-hybridized carbons (Fsp3) is 0. The number of hydrogen-bond donors (Lipinski definition) is 1. The molecule has 122 valence electrons. The summed E-state index contributed by atoms with van der Waals surface area (Å²) in [6.07, 6.45) is 1.49. The Balaban J connectivity index is 2.22. The van der Waals surface area contributed by atoms with Crippen molar-refractivity contribution in [2.75, 3.05) is 0 Å². The van der Waals surface area contributed by atoms with E-state index in [9.17, 15) is 17.2 Å². The molecule has 3 aromatic rings. The van der Waals surface area contributed by atoms with Crippen LogP contribution in [0, 0.1) is 11.6 Å². The first-order valence-corrected chi connectivity index (χ1v) is 8.45. The lowest BCUT2D eigenvalue weighted by atomic mass is 9.99. The van der Waals surface area contributed by atoms with Gasteiger partial charge in [-0.25, -0.2) is 22.3 Å². The van der Waals surface area contributed by atoms with Crippen LogP contribution < -0.4 is 5.14 Å². The van der Waals surface area contributed by atoms with Crippen LogP contribution in [0.15, 0.2) is 65.7 Å². The molecule has 0 aliphatic carbocycles. The normalized spacial score (nSPS) is 11.5. The molecule has 0 amide bonds. The van der Waals surface area contributed by atoms with Crippen molar-refractivity contribution in [1.82, 2.24) is 4.98 Å². The molecule has 0 aliphatic rings. The predicted molar refractivity (Wildman–Crippen MR) is 86.4 cm³/mol. The van der Waals surface area contributed by atoms with Crippen molar-refractivity contribution >= 4 is 10.0 Å². The van der Waals surface area contributed by atoms with Gasteiger partial charge < -0.3 is 0 Å². The number of primary sulfonamides is 1. The summed E-state index contributed by atoms with van der Waals surface area (Å²) in [6.45, 7) is 0. The van der Waals surface area contributed by atoms with Gasteiger partial charge in [0.1, 0.15) is 11.6 Å². The number of aromatic nitrogens is 1. The number of hydrogen-bond acceptors (Lipinski definition) is 3. The van der Waals surface area contributed by atoms with Crippen molar-refractivity contribution in [3.8, 4) is 22.4 Å². The van der Waals surface area contributed by atoms with Gasteiger partial charge in [0.15, 0.2) is 4.90 Å². The number of halogens is 2. The first-order valence-electron chi connectivity index (χ1n) is 6.90. The van der Waals surface area contributed by atoms with Crippen LogP contribution in [0.5, 0.6) is 0 Å². The topological polar surface area (TPSA) is 73.1 Å². The molecule has 0 saturated carbocycles. The summed E-state index contributed by atoms with van der Waals surface area (Å²) in [7, 11) is -4.50. The van der Waals surface area contributed by atoms with Gasteiger partial charge in [-0.3, -0.25) is 4.98 Å². The molecule has 0 saturated heterocycles. The monoisotopic (exact) mass is 346 g/mol. The Morgan fingerprint density at radius 1 is 0.875 bits per heavy atom. The zero-order chi connectivity index (χ0) is 17.3. The Morgan fingerprint density at radius 3 is 2.08 bits per heavy atom. The van der Waals surface area contributed by atoms with E-state index in [1.54, 1.807) is 12.1 Å². The van der Waals surface area contributed by atoms with Gasteiger partial charge in [0.25, 0.3) is 0 Å². The number of nitrogens with zero attached hydrogens (tertiary/aromatic N) is 1. The van der Waals surface area contributed by atoms with Gasteiger partial charge in [-0.2, -0.15) is 0 Å². The van der Waals surface area contributed by atoms with Gasteiger partial charge in [-0.05, 0) is 23.8 Å². The first-order chi connectivity index (χ1) is 11.4. The standard InChI is InChI=1S/C17H12F2N2O2S/c18-14-9-12(10-15(19)17(14)24(20,22)23)16-13(7-4-8-21-16)11-5-2-1-3-6-11/h1-10H,(H2,20,22,23). The summed E-state index contributed by atoms with van der Waals surface area (Å²) in [4.78, 5) is 3.04. The second-order valence-electron chi connectivity index (χ2n) is 5.08. The van der Waals surface area contributed by atoms with Crippen LogP contribution in [-0.4, -0.2) is 13.4 Å². The van der Waals surface area contributed by atoms with E-state index in [4.69, 9.17) is 5.14 Å². The first kappa shape index (κ1) is 16.2. The fourth-order valence-electron chi connectivity index (χ4n) is 2.45. The molecule has 0 unspecified atom stereocenters. The third-order valence-corrected chi connectivity index (χ3v) is 4.41. The summed E-state index contributed by atoms with van der Waals surface area (Å²) >= 11 is 0. The zero-order valence-electron chi connectivity index (χ0n) is 12.3. The van der Waals surface area contributed by atoms with E-state index in [0.717, 1.165) is 17.7 Å². The summed E-state index contributed by atoms with van der Waals surface area (Å²) in [5, 5.41) is 4.84. The minimum atomic E-state index is -4.50. The quantitative estimate of drug-likeness (QED) is 0.790. The molecule has 2 N–H and O–H groups in total. The maximum atomic E-state index is 14.1. The molecular formula is C17H12F2N2O2S. The summed E-state index contributed by atoms with van der Waals surface area (Å²) in [6, 6.07) is 14.5. The van der Waals surface area contributed by atoms with E-state index in [1.807, 2.05) is 30.3 Å². The van der Waals surface area contributed by atoms with Gasteiger partial charge in [0, 0.05) is 17.3 Å². The third-order valence-electron chi connectivity index (χ3n) is 3.45. The molecule has 1 heterocycles. The van der Waals surface area contributed by atoms with E-state index in [0.29, 0.717) is 11.3 Å². The van der Waals surface area contributed by atoms with Crippen molar-refractivity contribution in [2.24, 2.45) is 5.14 Å². The molecule has 0 fully saturated rings. The maximum Gasteiger partial charge on any atom is 0.243 e. The number of rotatable bonds is 3. The number of nitrogens with two attached hydrogens (primary N) is 1. The average Bonchev–Trinajstić information content (AvgIpc) is 2.53. The Morgan fingerprint density at radius 2 is 1.50 bits per heavy atom. The molecular weight excluding hydrogens is 334 g/mol. The molecule has 0 atom stereocenters. The van der Waals surface area contributed by atoms with Crippen LogP contribution in [0.3, 0.4) is 0 Å². The van der Waals surface area contributed by atoms with Crippen LogP contribution in [0.4, 0.5) is 8.78 Å². The van der Waals surface area contributed by atoms with Crippen LogP contribution in [0.2, 0.25) is 0 Å². The number of pyridine rings is 1. The summed E-state index contributed by atoms with van der Waals surface area (Å²) < 4.78 is 50.8. The van der Waals surface area contributed by atoms with Crippen LogP contribution in [0.1, 0.15) is 0 Å². The lowest BCUT2D eigenvalue weighted by Crippen LogP contribution is -2.16. The Hall–Kier alpha value is -2.64. The minimum Gasteiger partial charge on any atom is -0.256 e. The van der Waals surface area contributed by atoms with Gasteiger partial charge >= 0.3 is 0 Å². The van der Waals surface area contributed by atoms with Crippen molar-refractivity contribution in [2.45, 2.75) is 4.90 Å². The molecule has 0 spiro atoms. The summed E-state index contributed by atoms with van der Waals surface area (Å²) in [5.41, 5.74) is 1.94. The highest BCUT2D eigenvalue weighted by Crippen LogP contribution is 2.32. The largest absolute Gasteiger partial charge is 0.256 e. The smallest absolute Gasteiger partial charge is 0.243 e. The fourth-order valence-corrected chi connectivity index (χ4v) is 3.12.